The SMILES string of the molecule is O=C1CC(C(=O)NC2CCNCC2)CN1. The predicted molar refractivity (Wildman–Crippen MR) is 55.2 cm³/mol. The second kappa shape index (κ2) is 4.61. The van der Waals surface area contributed by atoms with Crippen molar-refractivity contribution in [3.05, 3.63) is 0 Å². The number of nitrogens with one attached hydrogen (secondary N) is 3. The summed E-state index contributed by atoms with van der Waals surface area (Å²) in [6.45, 7) is 2.43. The van der Waals surface area contributed by atoms with Crippen LogP contribution >= 0.6 is 0 Å². The molecule has 2 fully saturated rings. The van der Waals surface area contributed by atoms with Crippen molar-refractivity contribution in [1.82, 2.24) is 16.0 Å². The first-order valence-corrected chi connectivity index (χ1v) is 5.53. The number of amides is 2. The van der Waals surface area contributed by atoms with Gasteiger partial charge in [0.25, 0.3) is 0 Å². The molecule has 1 atom stereocenters. The molecule has 3 N–H and O–H groups in total. The van der Waals surface area contributed by atoms with E-state index in [9.17, 15) is 9.59 Å². The molecule has 5 nitrogen and oxygen atoms in total. The first kappa shape index (κ1) is 10.4. The fraction of sp³-hybridized carbons (Fsp3) is 0.800. The molecule has 2 saturated heterocycles. The highest BCUT2D eigenvalue weighted by Gasteiger charge is 2.29. The van der Waals surface area contributed by atoms with Crippen molar-refractivity contribution in [2.75, 3.05) is 19.6 Å². The topological polar surface area (TPSA) is 70.2 Å². The van der Waals surface area contributed by atoms with Crippen LogP contribution < -0.4 is 16.0 Å². The molecule has 0 aromatic carbocycles. The largest absolute Gasteiger partial charge is 0.355 e. The second-order valence-electron chi connectivity index (χ2n) is 4.24. The van der Waals surface area contributed by atoms with Crippen molar-refractivity contribution in [2.24, 2.45) is 5.92 Å². The Bertz CT molecular complexity index is 261. The lowest BCUT2D eigenvalue weighted by molar-refractivity contribution is -0.127. The summed E-state index contributed by atoms with van der Waals surface area (Å²) < 4.78 is 0. The minimum Gasteiger partial charge on any atom is -0.355 e. The molecule has 1 unspecified atom stereocenters. The molecule has 5 heteroatoms. The van der Waals surface area contributed by atoms with Gasteiger partial charge in [0.1, 0.15) is 0 Å². The molecule has 84 valence electrons. The normalized spacial score (nSPS) is 27.5. The summed E-state index contributed by atoms with van der Waals surface area (Å²) in [5.41, 5.74) is 0. The van der Waals surface area contributed by atoms with Crippen LogP contribution in [0.25, 0.3) is 0 Å². The minimum absolute atomic E-state index is 0.0135. The molecular weight excluding hydrogens is 194 g/mol. The van der Waals surface area contributed by atoms with Crippen LogP contribution in [-0.2, 0) is 9.59 Å². The van der Waals surface area contributed by atoms with Crippen molar-refractivity contribution in [1.29, 1.82) is 0 Å². The maximum absolute atomic E-state index is 11.7. The van der Waals surface area contributed by atoms with Gasteiger partial charge < -0.3 is 16.0 Å². The smallest absolute Gasteiger partial charge is 0.225 e. The van der Waals surface area contributed by atoms with Gasteiger partial charge in [-0.2, -0.15) is 0 Å². The molecule has 0 aliphatic carbocycles. The van der Waals surface area contributed by atoms with E-state index < -0.39 is 0 Å². The van der Waals surface area contributed by atoms with E-state index in [0.717, 1.165) is 25.9 Å². The van der Waals surface area contributed by atoms with Crippen LogP contribution in [0.1, 0.15) is 19.3 Å². The van der Waals surface area contributed by atoms with Crippen molar-refractivity contribution >= 4 is 11.8 Å². The average molecular weight is 211 g/mol. The summed E-state index contributed by atoms with van der Waals surface area (Å²) >= 11 is 0. The van der Waals surface area contributed by atoms with Gasteiger partial charge in [0.05, 0.1) is 5.92 Å². The number of piperidine rings is 1. The van der Waals surface area contributed by atoms with Gasteiger partial charge in [0.2, 0.25) is 11.8 Å². The maximum Gasteiger partial charge on any atom is 0.225 e. The Hall–Kier alpha value is -1.10. The molecule has 2 aliphatic rings. The predicted octanol–water partition coefficient (Wildman–Crippen LogP) is -1.01. The molecule has 0 aromatic heterocycles. The van der Waals surface area contributed by atoms with Crippen molar-refractivity contribution in [3.8, 4) is 0 Å². The van der Waals surface area contributed by atoms with Gasteiger partial charge in [-0.15, -0.1) is 0 Å². The Balaban J connectivity index is 1.78. The summed E-state index contributed by atoms with van der Waals surface area (Å²) in [7, 11) is 0. The Morgan fingerprint density at radius 2 is 2.07 bits per heavy atom. The van der Waals surface area contributed by atoms with Gasteiger partial charge in [-0.05, 0) is 25.9 Å². The lowest BCUT2D eigenvalue weighted by Gasteiger charge is -2.24. The molecule has 0 spiro atoms. The molecular formula is C10H17N3O2. The van der Waals surface area contributed by atoms with E-state index in [-0.39, 0.29) is 23.8 Å². The summed E-state index contributed by atoms with van der Waals surface area (Å²) in [6, 6.07) is 0.287. The number of hydrogen-bond donors (Lipinski definition) is 3. The van der Waals surface area contributed by atoms with Gasteiger partial charge in [-0.1, -0.05) is 0 Å². The minimum atomic E-state index is -0.160. The van der Waals surface area contributed by atoms with E-state index in [1.807, 2.05) is 0 Å². The van der Waals surface area contributed by atoms with Crippen molar-refractivity contribution in [2.45, 2.75) is 25.3 Å². The van der Waals surface area contributed by atoms with Gasteiger partial charge in [0.15, 0.2) is 0 Å². The van der Waals surface area contributed by atoms with E-state index in [4.69, 9.17) is 0 Å². The van der Waals surface area contributed by atoms with Gasteiger partial charge >= 0.3 is 0 Å². The standard InChI is InChI=1S/C10H17N3O2/c14-9-5-7(6-12-9)10(15)13-8-1-3-11-4-2-8/h7-8,11H,1-6H2,(H,12,14)(H,13,15). The van der Waals surface area contributed by atoms with E-state index in [2.05, 4.69) is 16.0 Å². The highest BCUT2D eigenvalue weighted by molar-refractivity contribution is 5.89. The summed E-state index contributed by atoms with van der Waals surface area (Å²) in [5.74, 6) is -0.145. The Kier molecular flexibility index (Phi) is 3.20. The molecule has 2 heterocycles. The summed E-state index contributed by atoms with van der Waals surface area (Å²) in [6.07, 6.45) is 2.32. The van der Waals surface area contributed by atoms with E-state index in [1.165, 1.54) is 0 Å². The Labute approximate surface area is 89.0 Å². The van der Waals surface area contributed by atoms with Crippen LogP contribution in [0.3, 0.4) is 0 Å². The molecule has 0 radical (unpaired) electrons. The van der Waals surface area contributed by atoms with E-state index >= 15 is 0 Å². The van der Waals surface area contributed by atoms with Crippen LogP contribution in [0.5, 0.6) is 0 Å². The van der Waals surface area contributed by atoms with Crippen LogP contribution in [0.4, 0.5) is 0 Å². The quantitative estimate of drug-likeness (QED) is 0.548. The molecule has 15 heavy (non-hydrogen) atoms. The number of carbonyl (C=O) groups is 2. The maximum atomic E-state index is 11.7. The molecule has 2 aliphatic heterocycles. The first-order valence-electron chi connectivity index (χ1n) is 5.53. The van der Waals surface area contributed by atoms with Crippen LogP contribution in [0.15, 0.2) is 0 Å². The summed E-state index contributed by atoms with van der Waals surface area (Å²) in [5, 5.41) is 8.93. The van der Waals surface area contributed by atoms with Crippen LogP contribution in [0, 0.1) is 5.92 Å². The third-order valence-electron chi connectivity index (χ3n) is 3.03. The fourth-order valence-electron chi connectivity index (χ4n) is 2.08. The molecule has 0 bridgehead atoms. The zero-order valence-electron chi connectivity index (χ0n) is 8.71. The van der Waals surface area contributed by atoms with Gasteiger partial charge in [0, 0.05) is 19.0 Å². The third kappa shape index (κ3) is 2.68. The molecule has 2 amide bonds. The van der Waals surface area contributed by atoms with Crippen molar-refractivity contribution < 1.29 is 9.59 Å². The molecule has 0 saturated carbocycles. The van der Waals surface area contributed by atoms with Gasteiger partial charge in [-0.3, -0.25) is 9.59 Å². The Morgan fingerprint density at radius 3 is 2.67 bits per heavy atom. The number of rotatable bonds is 2. The molecule has 0 aromatic rings. The number of carbonyl (C=O) groups excluding carboxylic acids is 2. The van der Waals surface area contributed by atoms with Crippen molar-refractivity contribution in [3.63, 3.8) is 0 Å². The lowest BCUT2D eigenvalue weighted by atomic mass is 10.0. The summed E-state index contributed by atoms with van der Waals surface area (Å²) in [4.78, 5) is 22.7. The monoisotopic (exact) mass is 211 g/mol. The highest BCUT2D eigenvalue weighted by Crippen LogP contribution is 2.10. The number of hydrogen-bond acceptors (Lipinski definition) is 3. The average Bonchev–Trinajstić information content (AvgIpc) is 2.66. The van der Waals surface area contributed by atoms with Crippen LogP contribution in [-0.4, -0.2) is 37.5 Å². The second-order valence-corrected chi connectivity index (χ2v) is 4.24. The first-order chi connectivity index (χ1) is 7.25. The van der Waals surface area contributed by atoms with E-state index in [1.54, 1.807) is 0 Å². The molecule has 2 rings (SSSR count). The zero-order chi connectivity index (χ0) is 10.7. The third-order valence-corrected chi connectivity index (χ3v) is 3.03. The van der Waals surface area contributed by atoms with E-state index in [0.29, 0.717) is 13.0 Å². The zero-order valence-corrected chi connectivity index (χ0v) is 8.71. The fourth-order valence-corrected chi connectivity index (χ4v) is 2.08. The Morgan fingerprint density at radius 1 is 1.33 bits per heavy atom. The lowest BCUT2D eigenvalue weighted by Crippen LogP contribution is -2.45. The highest BCUT2D eigenvalue weighted by atomic mass is 16.2. The van der Waals surface area contributed by atoms with Gasteiger partial charge in [-0.25, -0.2) is 0 Å². The van der Waals surface area contributed by atoms with Crippen LogP contribution in [0.2, 0.25) is 0 Å².